The molecule has 0 fully saturated rings. The molecule has 2 rings (SSSR count). The Kier molecular flexibility index (Phi) is 4.28. The zero-order valence-corrected chi connectivity index (χ0v) is 11.3. The molecule has 0 aromatic heterocycles. The SMILES string of the molecule is C=C[N+](=CNC)CCN1CCOc2cc(N)ccc21. The summed E-state index contributed by atoms with van der Waals surface area (Å²) in [5.74, 6) is 0.869. The Bertz CT molecular complexity index is 484. The van der Waals surface area contributed by atoms with Crippen LogP contribution in [0.2, 0.25) is 0 Å². The predicted molar refractivity (Wildman–Crippen MR) is 79.0 cm³/mol. The van der Waals surface area contributed by atoms with Crippen molar-refractivity contribution in [1.29, 1.82) is 0 Å². The minimum Gasteiger partial charge on any atom is -0.489 e. The molecular weight excluding hydrogens is 240 g/mol. The second-order valence-corrected chi connectivity index (χ2v) is 4.40. The van der Waals surface area contributed by atoms with Crippen LogP contribution in [-0.2, 0) is 0 Å². The lowest BCUT2D eigenvalue weighted by molar-refractivity contribution is -0.450. The van der Waals surface area contributed by atoms with Gasteiger partial charge in [0.05, 0.1) is 32.0 Å². The zero-order valence-electron chi connectivity index (χ0n) is 11.3. The molecule has 0 bridgehead atoms. The molecule has 5 heteroatoms. The number of hydrogen-bond acceptors (Lipinski definition) is 3. The van der Waals surface area contributed by atoms with Gasteiger partial charge in [0.15, 0.2) is 0 Å². The third-order valence-corrected chi connectivity index (χ3v) is 3.10. The summed E-state index contributed by atoms with van der Waals surface area (Å²) >= 11 is 0. The van der Waals surface area contributed by atoms with Crippen LogP contribution in [0.25, 0.3) is 0 Å². The van der Waals surface area contributed by atoms with Crippen LogP contribution < -0.4 is 20.7 Å². The zero-order chi connectivity index (χ0) is 13.7. The maximum atomic E-state index is 5.78. The fourth-order valence-electron chi connectivity index (χ4n) is 2.14. The van der Waals surface area contributed by atoms with E-state index < -0.39 is 0 Å². The maximum Gasteiger partial charge on any atom is 0.236 e. The molecule has 1 aromatic carbocycles. The summed E-state index contributed by atoms with van der Waals surface area (Å²) in [6.45, 7) is 7.16. The van der Waals surface area contributed by atoms with E-state index >= 15 is 0 Å². The predicted octanol–water partition coefficient (Wildman–Crippen LogP) is 0.871. The van der Waals surface area contributed by atoms with E-state index in [0.717, 1.165) is 36.8 Å². The number of nitrogens with one attached hydrogen (secondary N) is 1. The highest BCUT2D eigenvalue weighted by Gasteiger charge is 2.18. The van der Waals surface area contributed by atoms with E-state index in [1.54, 1.807) is 6.20 Å². The van der Waals surface area contributed by atoms with E-state index in [1.165, 1.54) is 0 Å². The molecule has 102 valence electrons. The summed E-state index contributed by atoms with van der Waals surface area (Å²) in [6, 6.07) is 5.81. The van der Waals surface area contributed by atoms with E-state index in [1.807, 2.05) is 36.2 Å². The molecule has 0 unspecified atom stereocenters. The molecular formula is C14H21N4O+. The fourth-order valence-corrected chi connectivity index (χ4v) is 2.14. The number of nitrogens with two attached hydrogens (primary N) is 1. The van der Waals surface area contributed by atoms with Gasteiger partial charge in [-0.15, -0.1) is 0 Å². The number of ether oxygens (including phenoxy) is 1. The van der Waals surface area contributed by atoms with Gasteiger partial charge in [-0.05, 0) is 12.1 Å². The quantitative estimate of drug-likeness (QED) is 0.357. The second kappa shape index (κ2) is 6.13. The van der Waals surface area contributed by atoms with Crippen LogP contribution in [-0.4, -0.2) is 44.2 Å². The molecule has 1 aliphatic rings. The number of nitrogen functional groups attached to an aromatic ring is 1. The van der Waals surface area contributed by atoms with E-state index in [-0.39, 0.29) is 0 Å². The monoisotopic (exact) mass is 261 g/mol. The van der Waals surface area contributed by atoms with Gasteiger partial charge in [0.1, 0.15) is 18.9 Å². The first-order valence-electron chi connectivity index (χ1n) is 6.41. The van der Waals surface area contributed by atoms with Crippen molar-refractivity contribution in [3.8, 4) is 5.75 Å². The number of anilines is 2. The van der Waals surface area contributed by atoms with E-state index in [4.69, 9.17) is 10.5 Å². The van der Waals surface area contributed by atoms with Gasteiger partial charge >= 0.3 is 0 Å². The Morgan fingerprint density at radius 2 is 2.42 bits per heavy atom. The number of hydrogen-bond donors (Lipinski definition) is 2. The van der Waals surface area contributed by atoms with Gasteiger partial charge in [0.25, 0.3) is 0 Å². The van der Waals surface area contributed by atoms with Crippen LogP contribution in [0.5, 0.6) is 5.75 Å². The topological polar surface area (TPSA) is 53.5 Å². The van der Waals surface area contributed by atoms with Crippen LogP contribution in [0.1, 0.15) is 0 Å². The highest BCUT2D eigenvalue weighted by atomic mass is 16.5. The number of fused-ring (bicyclic) bond motifs is 1. The Labute approximate surface area is 114 Å². The molecule has 0 radical (unpaired) electrons. The van der Waals surface area contributed by atoms with Gasteiger partial charge in [-0.25, -0.2) is 4.58 Å². The molecule has 1 aliphatic heterocycles. The van der Waals surface area contributed by atoms with E-state index in [9.17, 15) is 0 Å². The van der Waals surface area contributed by atoms with Gasteiger partial charge in [0.2, 0.25) is 6.34 Å². The summed E-state index contributed by atoms with van der Waals surface area (Å²) < 4.78 is 7.66. The molecule has 5 nitrogen and oxygen atoms in total. The van der Waals surface area contributed by atoms with Crippen molar-refractivity contribution in [2.75, 3.05) is 43.9 Å². The molecule has 1 aromatic rings. The van der Waals surface area contributed by atoms with Crippen molar-refractivity contribution >= 4 is 17.7 Å². The summed E-state index contributed by atoms with van der Waals surface area (Å²) in [5.41, 5.74) is 7.62. The van der Waals surface area contributed by atoms with Crippen LogP contribution >= 0.6 is 0 Å². The van der Waals surface area contributed by atoms with E-state index in [2.05, 4.69) is 16.8 Å². The molecule has 0 saturated heterocycles. The van der Waals surface area contributed by atoms with Crippen LogP contribution in [0, 0.1) is 0 Å². The number of nitrogens with zero attached hydrogens (tertiary/aromatic N) is 2. The maximum absolute atomic E-state index is 5.78. The number of rotatable bonds is 5. The fraction of sp³-hybridized carbons (Fsp3) is 0.357. The summed E-state index contributed by atoms with van der Waals surface area (Å²) in [5, 5.41) is 3.00. The van der Waals surface area contributed by atoms with Crippen molar-refractivity contribution in [3.63, 3.8) is 0 Å². The van der Waals surface area contributed by atoms with Gasteiger partial charge in [-0.3, -0.25) is 5.32 Å². The molecule has 1 heterocycles. The van der Waals surface area contributed by atoms with Crippen LogP contribution in [0.4, 0.5) is 11.4 Å². The first kappa shape index (κ1) is 13.3. The Balaban J connectivity index is 2.07. The number of benzene rings is 1. The van der Waals surface area contributed by atoms with Crippen molar-refractivity contribution in [3.05, 3.63) is 31.0 Å². The molecule has 19 heavy (non-hydrogen) atoms. The minimum atomic E-state index is 0.695. The lowest BCUT2D eigenvalue weighted by Crippen LogP contribution is -2.37. The third-order valence-electron chi connectivity index (χ3n) is 3.10. The van der Waals surface area contributed by atoms with Gasteiger partial charge < -0.3 is 15.4 Å². The van der Waals surface area contributed by atoms with Crippen molar-refractivity contribution in [2.24, 2.45) is 0 Å². The molecule has 3 N–H and O–H groups in total. The Morgan fingerprint density at radius 3 is 3.16 bits per heavy atom. The van der Waals surface area contributed by atoms with Crippen molar-refractivity contribution in [1.82, 2.24) is 5.32 Å². The molecule has 0 saturated carbocycles. The lowest BCUT2D eigenvalue weighted by atomic mass is 10.2. The first-order valence-corrected chi connectivity index (χ1v) is 6.41. The summed E-state index contributed by atoms with van der Waals surface area (Å²) in [4.78, 5) is 2.30. The van der Waals surface area contributed by atoms with Crippen molar-refractivity contribution < 1.29 is 9.31 Å². The van der Waals surface area contributed by atoms with Crippen LogP contribution in [0.3, 0.4) is 0 Å². The molecule has 0 spiro atoms. The van der Waals surface area contributed by atoms with Crippen LogP contribution in [0.15, 0.2) is 31.0 Å². The standard InChI is InChI=1S/C14H20N4O/c1-3-17(11-16-2)6-7-18-8-9-19-14-10-12(15)4-5-13(14)18/h3-5,10-11H,1,6-9,15H2,2H3/p+1. The second-order valence-electron chi connectivity index (χ2n) is 4.40. The third kappa shape index (κ3) is 3.19. The van der Waals surface area contributed by atoms with Crippen molar-refractivity contribution in [2.45, 2.75) is 0 Å². The van der Waals surface area contributed by atoms with E-state index in [0.29, 0.717) is 6.61 Å². The summed E-state index contributed by atoms with van der Waals surface area (Å²) in [7, 11) is 1.88. The Hall–Kier alpha value is -2.17. The average molecular weight is 261 g/mol. The average Bonchev–Trinajstić information content (AvgIpc) is 2.43. The van der Waals surface area contributed by atoms with Gasteiger partial charge in [-0.1, -0.05) is 6.58 Å². The molecule has 0 amide bonds. The summed E-state index contributed by atoms with van der Waals surface area (Å²) in [6.07, 6.45) is 3.71. The highest BCUT2D eigenvalue weighted by molar-refractivity contribution is 5.65. The van der Waals surface area contributed by atoms with Gasteiger partial charge in [-0.2, -0.15) is 0 Å². The smallest absolute Gasteiger partial charge is 0.236 e. The first-order chi connectivity index (χ1) is 9.24. The largest absolute Gasteiger partial charge is 0.489 e. The molecule has 0 atom stereocenters. The van der Waals surface area contributed by atoms with Gasteiger partial charge in [0, 0.05) is 11.8 Å². The minimum absolute atomic E-state index is 0.695. The highest BCUT2D eigenvalue weighted by Crippen LogP contribution is 2.32. The normalized spacial score (nSPS) is 14.6. The lowest BCUT2D eigenvalue weighted by Gasteiger charge is -2.31. The Morgan fingerprint density at radius 1 is 1.58 bits per heavy atom. The molecule has 0 aliphatic carbocycles.